The lowest BCUT2D eigenvalue weighted by Gasteiger charge is -2.29. The van der Waals surface area contributed by atoms with Gasteiger partial charge < -0.3 is 10.6 Å². The first-order chi connectivity index (χ1) is 9.56. The van der Waals surface area contributed by atoms with Crippen LogP contribution < -0.4 is 5.73 Å². The Labute approximate surface area is 120 Å². The van der Waals surface area contributed by atoms with E-state index in [0.29, 0.717) is 23.9 Å². The van der Waals surface area contributed by atoms with Crippen molar-refractivity contribution >= 4 is 22.2 Å². The maximum atomic E-state index is 12.4. The lowest BCUT2D eigenvalue weighted by Crippen LogP contribution is -2.38. The number of carbonyl (C=O) groups excluding carboxylic acids is 1. The molecule has 7 heteroatoms. The fraction of sp³-hybridized carbons (Fsp3) is 0.615. The fourth-order valence-electron chi connectivity index (χ4n) is 3.40. The minimum Gasteiger partial charge on any atom is -0.338 e. The van der Waals surface area contributed by atoms with E-state index in [1.165, 1.54) is 6.07 Å². The zero-order valence-corrected chi connectivity index (χ0v) is 11.8. The minimum atomic E-state index is -0.457. The summed E-state index contributed by atoms with van der Waals surface area (Å²) in [6.07, 6.45) is 3.30. The molecular formula is C13H17N3O3S. The van der Waals surface area contributed by atoms with E-state index in [2.05, 4.69) is 0 Å². The summed E-state index contributed by atoms with van der Waals surface area (Å²) in [4.78, 5) is 24.4. The van der Waals surface area contributed by atoms with Crippen molar-refractivity contribution in [2.75, 3.05) is 13.1 Å². The van der Waals surface area contributed by atoms with Gasteiger partial charge in [-0.1, -0.05) is 17.8 Å². The van der Waals surface area contributed by atoms with Crippen LogP contribution in [-0.2, 0) is 0 Å². The van der Waals surface area contributed by atoms with Crippen LogP contribution in [0.3, 0.4) is 0 Å². The molecule has 108 valence electrons. The average molecular weight is 295 g/mol. The highest BCUT2D eigenvalue weighted by atomic mass is 32.1. The first-order valence-electron chi connectivity index (χ1n) is 6.84. The van der Waals surface area contributed by atoms with Gasteiger partial charge >= 0.3 is 5.00 Å². The van der Waals surface area contributed by atoms with Crippen LogP contribution in [0.15, 0.2) is 11.4 Å². The lowest BCUT2D eigenvalue weighted by molar-refractivity contribution is -0.380. The third-order valence-corrected chi connectivity index (χ3v) is 5.33. The number of amides is 1. The number of nitrogens with two attached hydrogens (primary N) is 1. The zero-order valence-electron chi connectivity index (χ0n) is 11.0. The van der Waals surface area contributed by atoms with Gasteiger partial charge in [-0.3, -0.25) is 14.9 Å². The number of likely N-dealkylation sites (tertiary alicyclic amines) is 1. The third kappa shape index (κ3) is 2.31. The molecule has 1 aromatic heterocycles. The summed E-state index contributed by atoms with van der Waals surface area (Å²) in [5, 5.41) is 12.3. The number of rotatable bonds is 2. The second-order valence-corrected chi connectivity index (χ2v) is 6.55. The molecule has 1 aliphatic heterocycles. The lowest BCUT2D eigenvalue weighted by atomic mass is 9.78. The number of fused-ring (bicyclic) bond motifs is 1. The minimum absolute atomic E-state index is 0.0154. The molecule has 6 nitrogen and oxygen atoms in total. The van der Waals surface area contributed by atoms with Gasteiger partial charge in [0.05, 0.1) is 10.5 Å². The second-order valence-electron chi connectivity index (χ2n) is 5.66. The molecule has 2 N–H and O–H groups in total. The van der Waals surface area contributed by atoms with Crippen molar-refractivity contribution in [3.05, 3.63) is 27.1 Å². The van der Waals surface area contributed by atoms with Gasteiger partial charge in [0.2, 0.25) is 0 Å². The van der Waals surface area contributed by atoms with E-state index in [1.54, 1.807) is 5.38 Å². The quantitative estimate of drug-likeness (QED) is 0.666. The van der Waals surface area contributed by atoms with Crippen LogP contribution in [0.25, 0.3) is 0 Å². The number of hydrogen-bond acceptors (Lipinski definition) is 5. The number of thiophene rings is 1. The largest absolute Gasteiger partial charge is 0.338 e. The van der Waals surface area contributed by atoms with Crippen molar-refractivity contribution < 1.29 is 9.72 Å². The third-order valence-electron chi connectivity index (χ3n) is 4.45. The van der Waals surface area contributed by atoms with Crippen LogP contribution in [-0.4, -0.2) is 34.9 Å². The van der Waals surface area contributed by atoms with Crippen LogP contribution in [0.5, 0.6) is 0 Å². The van der Waals surface area contributed by atoms with E-state index in [0.717, 1.165) is 37.1 Å². The van der Waals surface area contributed by atoms with Crippen LogP contribution in [0.4, 0.5) is 5.00 Å². The fourth-order valence-corrected chi connectivity index (χ4v) is 4.10. The standard InChI is InChI=1S/C13H17N3O3S/c14-11-3-1-2-8-5-15(6-10(8)11)13(17)9-4-12(16(18)19)20-7-9/h4,7-8,10-11H,1-3,5-6,14H2. The molecule has 1 aromatic rings. The second kappa shape index (κ2) is 5.14. The van der Waals surface area contributed by atoms with E-state index in [1.807, 2.05) is 4.90 Å². The number of carbonyl (C=O) groups is 1. The Morgan fingerprint density at radius 3 is 2.90 bits per heavy atom. The van der Waals surface area contributed by atoms with Crippen LogP contribution in [0, 0.1) is 22.0 Å². The Morgan fingerprint density at radius 1 is 1.45 bits per heavy atom. The van der Waals surface area contributed by atoms with E-state index in [-0.39, 0.29) is 17.0 Å². The summed E-state index contributed by atoms with van der Waals surface area (Å²) in [7, 11) is 0. The molecule has 3 unspecified atom stereocenters. The Kier molecular flexibility index (Phi) is 3.47. The summed E-state index contributed by atoms with van der Waals surface area (Å²) in [5.74, 6) is 0.786. The van der Waals surface area contributed by atoms with Gasteiger partial charge in [-0.05, 0) is 24.7 Å². The molecule has 2 heterocycles. The molecule has 1 amide bonds. The smallest absolute Gasteiger partial charge is 0.324 e. The van der Waals surface area contributed by atoms with Crippen molar-refractivity contribution in [3.8, 4) is 0 Å². The molecule has 20 heavy (non-hydrogen) atoms. The zero-order chi connectivity index (χ0) is 14.3. The summed E-state index contributed by atoms with van der Waals surface area (Å²) in [6.45, 7) is 1.43. The summed E-state index contributed by atoms with van der Waals surface area (Å²) >= 11 is 0.999. The van der Waals surface area contributed by atoms with Crippen LogP contribution in [0.1, 0.15) is 29.6 Å². The number of nitrogens with zero attached hydrogens (tertiary/aromatic N) is 2. The molecule has 0 spiro atoms. The predicted molar refractivity (Wildman–Crippen MR) is 75.7 cm³/mol. The molecule has 0 bridgehead atoms. The topological polar surface area (TPSA) is 89.5 Å². The maximum absolute atomic E-state index is 12.4. The molecule has 1 aliphatic carbocycles. The molecule has 1 saturated carbocycles. The van der Waals surface area contributed by atoms with Gasteiger partial charge in [0, 0.05) is 30.6 Å². The number of hydrogen-bond donors (Lipinski definition) is 1. The summed E-state index contributed by atoms with van der Waals surface area (Å²) in [6, 6.07) is 1.55. The van der Waals surface area contributed by atoms with Crippen molar-refractivity contribution in [1.29, 1.82) is 0 Å². The molecule has 0 aromatic carbocycles. The highest BCUT2D eigenvalue weighted by Gasteiger charge is 2.40. The van der Waals surface area contributed by atoms with E-state index in [9.17, 15) is 14.9 Å². The highest BCUT2D eigenvalue weighted by Crippen LogP contribution is 2.36. The number of nitro groups is 1. The Hall–Kier alpha value is -1.47. The highest BCUT2D eigenvalue weighted by molar-refractivity contribution is 7.13. The maximum Gasteiger partial charge on any atom is 0.324 e. The van der Waals surface area contributed by atoms with Gasteiger partial charge in [-0.25, -0.2) is 0 Å². The van der Waals surface area contributed by atoms with Gasteiger partial charge in [0.15, 0.2) is 0 Å². The van der Waals surface area contributed by atoms with Gasteiger partial charge in [0.25, 0.3) is 5.91 Å². The van der Waals surface area contributed by atoms with Crippen molar-refractivity contribution in [1.82, 2.24) is 4.90 Å². The van der Waals surface area contributed by atoms with E-state index >= 15 is 0 Å². The van der Waals surface area contributed by atoms with Crippen molar-refractivity contribution in [3.63, 3.8) is 0 Å². The first kappa shape index (κ1) is 13.5. The Morgan fingerprint density at radius 2 is 2.25 bits per heavy atom. The SMILES string of the molecule is NC1CCCC2CN(C(=O)c3csc([N+](=O)[O-])c3)CC12. The normalized spacial score (nSPS) is 29.2. The van der Waals surface area contributed by atoms with Crippen LogP contribution in [0.2, 0.25) is 0 Å². The monoisotopic (exact) mass is 295 g/mol. The Bertz CT molecular complexity index is 545. The van der Waals surface area contributed by atoms with Crippen molar-refractivity contribution in [2.45, 2.75) is 25.3 Å². The molecule has 3 atom stereocenters. The van der Waals surface area contributed by atoms with Gasteiger partial charge in [-0.2, -0.15) is 0 Å². The van der Waals surface area contributed by atoms with E-state index < -0.39 is 4.92 Å². The molecule has 3 rings (SSSR count). The van der Waals surface area contributed by atoms with Gasteiger partial charge in [-0.15, -0.1) is 0 Å². The predicted octanol–water partition coefficient (Wildman–Crippen LogP) is 1.86. The van der Waals surface area contributed by atoms with Gasteiger partial charge in [0.1, 0.15) is 0 Å². The molecule has 2 fully saturated rings. The summed E-state index contributed by atoms with van der Waals surface area (Å²) < 4.78 is 0. The molecule has 0 radical (unpaired) electrons. The average Bonchev–Trinajstić information content (AvgIpc) is 3.05. The van der Waals surface area contributed by atoms with Crippen molar-refractivity contribution in [2.24, 2.45) is 17.6 Å². The van der Waals surface area contributed by atoms with E-state index in [4.69, 9.17) is 5.73 Å². The molecule has 1 saturated heterocycles. The van der Waals surface area contributed by atoms with Crippen LogP contribution >= 0.6 is 11.3 Å². The first-order valence-corrected chi connectivity index (χ1v) is 7.72. The summed E-state index contributed by atoms with van der Waals surface area (Å²) in [5.41, 5.74) is 6.56. The molecule has 2 aliphatic rings. The Balaban J connectivity index is 1.73. The molecular weight excluding hydrogens is 278 g/mol.